The summed E-state index contributed by atoms with van der Waals surface area (Å²) in [6.07, 6.45) is 6.17. The van der Waals surface area contributed by atoms with Gasteiger partial charge in [-0.25, -0.2) is 0 Å². The molecule has 0 spiro atoms. The van der Waals surface area contributed by atoms with Crippen molar-refractivity contribution < 1.29 is 14.4 Å². The van der Waals surface area contributed by atoms with Gasteiger partial charge in [-0.3, -0.25) is 14.4 Å². The molecule has 3 amide bonds. The zero-order valence-corrected chi connectivity index (χ0v) is 17.3. The SMILES string of the molecule is CC(C(=O)NC1CCCCC1)N(C=O)Cc1ccc(C(N)=O)c(-c2ccccc2)c1. The second-order valence-electron chi connectivity index (χ2n) is 7.91. The van der Waals surface area contributed by atoms with E-state index in [1.165, 1.54) is 11.3 Å². The van der Waals surface area contributed by atoms with Crippen LogP contribution in [-0.4, -0.2) is 35.2 Å². The predicted molar refractivity (Wildman–Crippen MR) is 116 cm³/mol. The molecule has 1 aliphatic carbocycles. The zero-order chi connectivity index (χ0) is 21.5. The zero-order valence-electron chi connectivity index (χ0n) is 17.3. The molecule has 1 fully saturated rings. The Labute approximate surface area is 177 Å². The first-order chi connectivity index (χ1) is 14.5. The van der Waals surface area contributed by atoms with Crippen molar-refractivity contribution in [3.8, 4) is 11.1 Å². The summed E-state index contributed by atoms with van der Waals surface area (Å²) < 4.78 is 0. The average molecular weight is 408 g/mol. The number of amides is 3. The van der Waals surface area contributed by atoms with Crippen LogP contribution in [0.5, 0.6) is 0 Å². The number of benzene rings is 2. The first-order valence-corrected chi connectivity index (χ1v) is 10.5. The number of rotatable bonds is 8. The summed E-state index contributed by atoms with van der Waals surface area (Å²) in [5.41, 5.74) is 8.38. The molecule has 3 N–H and O–H groups in total. The molecule has 1 atom stereocenters. The standard InChI is InChI=1S/C24H29N3O3/c1-17(24(30)26-20-10-6-3-7-11-20)27(16-28)15-18-12-13-21(23(25)29)22(14-18)19-8-4-2-5-9-19/h2,4-5,8-9,12-14,16-17,20H,3,6-7,10-11,15H2,1H3,(H2,25,29)(H,26,30). The summed E-state index contributed by atoms with van der Waals surface area (Å²) in [6.45, 7) is 2.00. The summed E-state index contributed by atoms with van der Waals surface area (Å²) in [4.78, 5) is 37.8. The molecular formula is C24H29N3O3. The molecule has 0 aliphatic heterocycles. The summed E-state index contributed by atoms with van der Waals surface area (Å²) in [5, 5.41) is 3.08. The van der Waals surface area contributed by atoms with Crippen molar-refractivity contribution in [2.24, 2.45) is 5.73 Å². The lowest BCUT2D eigenvalue weighted by molar-refractivity contribution is -0.133. The summed E-state index contributed by atoms with van der Waals surface area (Å²) in [6, 6.07) is 14.4. The van der Waals surface area contributed by atoms with Gasteiger partial charge in [0.25, 0.3) is 0 Å². The molecule has 0 saturated heterocycles. The van der Waals surface area contributed by atoms with Crippen molar-refractivity contribution in [1.29, 1.82) is 0 Å². The van der Waals surface area contributed by atoms with Crippen LogP contribution in [0.1, 0.15) is 54.9 Å². The molecule has 2 aromatic carbocycles. The number of carbonyl (C=O) groups excluding carboxylic acids is 3. The molecule has 6 heteroatoms. The van der Waals surface area contributed by atoms with Crippen LogP contribution in [0.2, 0.25) is 0 Å². The van der Waals surface area contributed by atoms with Crippen molar-refractivity contribution in [2.45, 2.75) is 57.7 Å². The van der Waals surface area contributed by atoms with Gasteiger partial charge in [0, 0.05) is 18.2 Å². The highest BCUT2D eigenvalue weighted by Gasteiger charge is 2.24. The smallest absolute Gasteiger partial charge is 0.249 e. The molecule has 158 valence electrons. The molecule has 1 unspecified atom stereocenters. The lowest BCUT2D eigenvalue weighted by Crippen LogP contribution is -2.48. The van der Waals surface area contributed by atoms with Crippen LogP contribution in [0.25, 0.3) is 11.1 Å². The molecule has 3 rings (SSSR count). The molecule has 30 heavy (non-hydrogen) atoms. The van der Waals surface area contributed by atoms with Crippen molar-refractivity contribution in [1.82, 2.24) is 10.2 Å². The topological polar surface area (TPSA) is 92.5 Å². The third kappa shape index (κ3) is 5.26. The van der Waals surface area contributed by atoms with Gasteiger partial charge >= 0.3 is 0 Å². The van der Waals surface area contributed by atoms with E-state index >= 15 is 0 Å². The van der Waals surface area contributed by atoms with Crippen LogP contribution in [0.15, 0.2) is 48.5 Å². The first-order valence-electron chi connectivity index (χ1n) is 10.5. The molecule has 0 aromatic heterocycles. The number of hydrogen-bond donors (Lipinski definition) is 2. The minimum absolute atomic E-state index is 0.133. The number of nitrogens with two attached hydrogens (primary N) is 1. The van der Waals surface area contributed by atoms with Gasteiger partial charge in [0.15, 0.2) is 0 Å². The van der Waals surface area contributed by atoms with Crippen LogP contribution in [-0.2, 0) is 16.1 Å². The van der Waals surface area contributed by atoms with E-state index in [1.807, 2.05) is 36.4 Å². The maximum Gasteiger partial charge on any atom is 0.249 e. The molecule has 0 heterocycles. The van der Waals surface area contributed by atoms with Gasteiger partial charge in [-0.1, -0.05) is 55.7 Å². The Morgan fingerprint density at radius 3 is 2.47 bits per heavy atom. The van der Waals surface area contributed by atoms with Crippen LogP contribution in [0.3, 0.4) is 0 Å². The number of primary amides is 1. The Bertz CT molecular complexity index is 892. The third-order valence-electron chi connectivity index (χ3n) is 5.76. The highest BCUT2D eigenvalue weighted by Crippen LogP contribution is 2.26. The van der Waals surface area contributed by atoms with Crippen LogP contribution >= 0.6 is 0 Å². The van der Waals surface area contributed by atoms with Crippen molar-refractivity contribution >= 4 is 18.2 Å². The molecular weight excluding hydrogens is 378 g/mol. The molecule has 2 aromatic rings. The second-order valence-corrected chi connectivity index (χ2v) is 7.91. The van der Waals surface area contributed by atoms with E-state index in [0.717, 1.165) is 36.8 Å². The molecule has 1 aliphatic rings. The third-order valence-corrected chi connectivity index (χ3v) is 5.76. The molecule has 0 radical (unpaired) electrons. The van der Waals surface area contributed by atoms with Gasteiger partial charge in [0.1, 0.15) is 6.04 Å². The maximum atomic E-state index is 12.7. The molecule has 6 nitrogen and oxygen atoms in total. The number of nitrogens with one attached hydrogen (secondary N) is 1. The fourth-order valence-corrected chi connectivity index (χ4v) is 3.96. The summed E-state index contributed by atoms with van der Waals surface area (Å²) in [5.74, 6) is -0.640. The minimum atomic E-state index is -0.583. The van der Waals surface area contributed by atoms with E-state index in [-0.39, 0.29) is 18.5 Å². The van der Waals surface area contributed by atoms with Gasteiger partial charge in [-0.05, 0) is 48.6 Å². The lowest BCUT2D eigenvalue weighted by Gasteiger charge is -2.28. The van der Waals surface area contributed by atoms with E-state index in [2.05, 4.69) is 5.32 Å². The number of carbonyl (C=O) groups is 3. The Morgan fingerprint density at radius 2 is 1.83 bits per heavy atom. The average Bonchev–Trinajstić information content (AvgIpc) is 2.78. The van der Waals surface area contributed by atoms with Crippen LogP contribution in [0, 0.1) is 0 Å². The first kappa shape index (κ1) is 21.6. The normalized spacial score (nSPS) is 15.2. The Morgan fingerprint density at radius 1 is 1.13 bits per heavy atom. The van der Waals surface area contributed by atoms with Crippen LogP contribution in [0.4, 0.5) is 0 Å². The highest BCUT2D eigenvalue weighted by atomic mass is 16.2. The fourth-order valence-electron chi connectivity index (χ4n) is 3.96. The van der Waals surface area contributed by atoms with Crippen molar-refractivity contribution in [3.63, 3.8) is 0 Å². The highest BCUT2D eigenvalue weighted by molar-refractivity contribution is 6.00. The largest absolute Gasteiger partial charge is 0.366 e. The van der Waals surface area contributed by atoms with Crippen molar-refractivity contribution in [3.05, 3.63) is 59.7 Å². The monoisotopic (exact) mass is 407 g/mol. The maximum absolute atomic E-state index is 12.7. The number of hydrogen-bond acceptors (Lipinski definition) is 3. The fraction of sp³-hybridized carbons (Fsp3) is 0.375. The summed E-state index contributed by atoms with van der Waals surface area (Å²) in [7, 11) is 0. The van der Waals surface area contributed by atoms with E-state index < -0.39 is 11.9 Å². The Hall–Kier alpha value is -3.15. The minimum Gasteiger partial charge on any atom is -0.366 e. The van der Waals surface area contributed by atoms with E-state index in [0.29, 0.717) is 17.5 Å². The van der Waals surface area contributed by atoms with E-state index in [1.54, 1.807) is 19.1 Å². The second kappa shape index (κ2) is 10.1. The van der Waals surface area contributed by atoms with Gasteiger partial charge < -0.3 is 16.0 Å². The molecule has 0 bridgehead atoms. The number of nitrogens with zero attached hydrogens (tertiary/aromatic N) is 1. The Kier molecular flexibility index (Phi) is 7.22. The van der Waals surface area contributed by atoms with Gasteiger partial charge in [-0.2, -0.15) is 0 Å². The van der Waals surface area contributed by atoms with Gasteiger partial charge in [0.2, 0.25) is 18.2 Å². The summed E-state index contributed by atoms with van der Waals surface area (Å²) >= 11 is 0. The van der Waals surface area contributed by atoms with Crippen LogP contribution < -0.4 is 11.1 Å². The molecule has 1 saturated carbocycles. The van der Waals surface area contributed by atoms with Crippen molar-refractivity contribution in [2.75, 3.05) is 0 Å². The lowest BCUT2D eigenvalue weighted by atomic mass is 9.95. The quantitative estimate of drug-likeness (QED) is 0.658. The van der Waals surface area contributed by atoms with E-state index in [4.69, 9.17) is 5.73 Å². The predicted octanol–water partition coefficient (Wildman–Crippen LogP) is 3.25. The van der Waals surface area contributed by atoms with E-state index in [9.17, 15) is 14.4 Å². The Balaban J connectivity index is 1.76. The van der Waals surface area contributed by atoms with Gasteiger partial charge in [-0.15, -0.1) is 0 Å². The van der Waals surface area contributed by atoms with Gasteiger partial charge in [0.05, 0.1) is 0 Å².